The molecule has 2 N–H and O–H groups in total. The smallest absolute Gasteiger partial charge is 0.243 e. The molecule has 10 heteroatoms. The van der Waals surface area contributed by atoms with Crippen LogP contribution in [0.1, 0.15) is 30.4 Å². The van der Waals surface area contributed by atoms with Crippen molar-refractivity contribution in [2.24, 2.45) is 0 Å². The second-order valence-corrected chi connectivity index (χ2v) is 8.85. The van der Waals surface area contributed by atoms with E-state index in [0.717, 1.165) is 12.1 Å². The summed E-state index contributed by atoms with van der Waals surface area (Å²) in [6, 6.07) is 6.20. The zero-order valence-electron chi connectivity index (χ0n) is 16.5. The topological polar surface area (TPSA) is 106 Å². The summed E-state index contributed by atoms with van der Waals surface area (Å²) in [5, 5.41) is 6.11. The Morgan fingerprint density at radius 3 is 2.69 bits per heavy atom. The number of hydrogen-bond acceptors (Lipinski definition) is 8. The SMILES string of the molecule is CNCc1cc(NC)nc([C@@H]2CCCN2S(=O)(=O)c2ccc3c(c2)OCCO3)n1. The standard InChI is InChI=1S/C19H25N5O4S/c1-20-12-13-10-18(21-2)23-19(22-13)15-4-3-7-24(15)29(25,26)14-5-6-16-17(11-14)28-9-8-27-16/h5-6,10-11,15,20H,3-4,7-9,12H2,1-2H3,(H,21,22,23)/t15-/m0/s1. The van der Waals surface area contributed by atoms with Crippen LogP contribution in [0.5, 0.6) is 11.5 Å². The van der Waals surface area contributed by atoms with Gasteiger partial charge >= 0.3 is 0 Å². The van der Waals surface area contributed by atoms with E-state index < -0.39 is 16.1 Å². The highest BCUT2D eigenvalue weighted by Crippen LogP contribution is 2.38. The third-order valence-electron chi connectivity index (χ3n) is 5.03. The zero-order valence-corrected chi connectivity index (χ0v) is 17.3. The van der Waals surface area contributed by atoms with Crippen molar-refractivity contribution in [1.82, 2.24) is 19.6 Å². The lowest BCUT2D eigenvalue weighted by Crippen LogP contribution is -2.32. The van der Waals surface area contributed by atoms with Gasteiger partial charge in [-0.15, -0.1) is 0 Å². The minimum absolute atomic E-state index is 0.189. The lowest BCUT2D eigenvalue weighted by Gasteiger charge is -2.25. The predicted octanol–water partition coefficient (Wildman–Crippen LogP) is 1.53. The molecule has 0 aliphatic carbocycles. The molecular weight excluding hydrogens is 394 g/mol. The number of nitrogens with one attached hydrogen (secondary N) is 2. The number of anilines is 1. The fraction of sp³-hybridized carbons (Fsp3) is 0.474. The summed E-state index contributed by atoms with van der Waals surface area (Å²) in [4.78, 5) is 9.35. The van der Waals surface area contributed by atoms with Gasteiger partial charge in [0.2, 0.25) is 10.0 Å². The fourth-order valence-electron chi connectivity index (χ4n) is 3.67. The highest BCUT2D eigenvalue weighted by atomic mass is 32.2. The van der Waals surface area contributed by atoms with Gasteiger partial charge in [-0.1, -0.05) is 0 Å². The molecule has 9 nitrogen and oxygen atoms in total. The molecule has 3 heterocycles. The Morgan fingerprint density at radius 1 is 1.14 bits per heavy atom. The van der Waals surface area contributed by atoms with Gasteiger partial charge in [-0.2, -0.15) is 4.31 Å². The first-order valence-electron chi connectivity index (χ1n) is 9.64. The van der Waals surface area contributed by atoms with Crippen molar-refractivity contribution in [2.45, 2.75) is 30.3 Å². The molecule has 0 amide bonds. The van der Waals surface area contributed by atoms with E-state index in [2.05, 4.69) is 20.6 Å². The number of aromatic nitrogens is 2. The maximum absolute atomic E-state index is 13.4. The molecule has 29 heavy (non-hydrogen) atoms. The predicted molar refractivity (Wildman–Crippen MR) is 108 cm³/mol. The van der Waals surface area contributed by atoms with Gasteiger partial charge in [0.15, 0.2) is 11.5 Å². The van der Waals surface area contributed by atoms with E-state index in [1.165, 1.54) is 10.4 Å². The summed E-state index contributed by atoms with van der Waals surface area (Å²) in [5.41, 5.74) is 0.811. The Labute approximate surface area is 170 Å². The van der Waals surface area contributed by atoms with Crippen molar-refractivity contribution in [2.75, 3.05) is 39.2 Å². The second-order valence-electron chi connectivity index (χ2n) is 6.96. The molecule has 4 rings (SSSR count). The quantitative estimate of drug-likeness (QED) is 0.726. The molecule has 2 aliphatic rings. The van der Waals surface area contributed by atoms with Gasteiger partial charge in [0, 0.05) is 32.3 Å². The molecule has 1 atom stereocenters. The Bertz CT molecular complexity index is 998. The third kappa shape index (κ3) is 3.87. The molecule has 2 aromatic rings. The van der Waals surface area contributed by atoms with Gasteiger partial charge in [0.1, 0.15) is 24.9 Å². The minimum atomic E-state index is -3.73. The summed E-state index contributed by atoms with van der Waals surface area (Å²) < 4.78 is 39.4. The largest absolute Gasteiger partial charge is 0.486 e. The van der Waals surface area contributed by atoms with Gasteiger partial charge in [-0.05, 0) is 32.0 Å². The van der Waals surface area contributed by atoms with Crippen LogP contribution < -0.4 is 20.1 Å². The van der Waals surface area contributed by atoms with Crippen molar-refractivity contribution in [3.63, 3.8) is 0 Å². The molecule has 0 bridgehead atoms. The summed E-state index contributed by atoms with van der Waals surface area (Å²) in [5.74, 6) is 2.21. The van der Waals surface area contributed by atoms with E-state index >= 15 is 0 Å². The van der Waals surface area contributed by atoms with Gasteiger partial charge in [0.05, 0.1) is 16.6 Å². The van der Waals surface area contributed by atoms with Crippen molar-refractivity contribution < 1.29 is 17.9 Å². The highest BCUT2D eigenvalue weighted by Gasteiger charge is 2.38. The first-order chi connectivity index (χ1) is 14.0. The number of hydrogen-bond donors (Lipinski definition) is 2. The maximum Gasteiger partial charge on any atom is 0.243 e. The Morgan fingerprint density at radius 2 is 1.93 bits per heavy atom. The molecule has 1 aromatic carbocycles. The van der Waals surface area contributed by atoms with Crippen LogP contribution in [0.3, 0.4) is 0 Å². The van der Waals surface area contributed by atoms with Crippen LogP contribution in [0.15, 0.2) is 29.2 Å². The van der Waals surface area contributed by atoms with E-state index in [-0.39, 0.29) is 4.90 Å². The van der Waals surface area contributed by atoms with Crippen molar-refractivity contribution in [3.05, 3.63) is 35.8 Å². The number of rotatable bonds is 6. The number of fused-ring (bicyclic) bond motifs is 1. The average molecular weight is 420 g/mol. The van der Waals surface area contributed by atoms with Crippen LogP contribution in [0.4, 0.5) is 5.82 Å². The molecule has 1 saturated heterocycles. The van der Waals surface area contributed by atoms with E-state index in [4.69, 9.17) is 9.47 Å². The van der Waals surface area contributed by atoms with Gasteiger partial charge < -0.3 is 20.1 Å². The van der Waals surface area contributed by atoms with E-state index in [1.54, 1.807) is 19.2 Å². The average Bonchev–Trinajstić information content (AvgIpc) is 3.24. The number of sulfonamides is 1. The van der Waals surface area contributed by atoms with Gasteiger partial charge in [-0.3, -0.25) is 0 Å². The zero-order chi connectivity index (χ0) is 20.4. The molecule has 2 aliphatic heterocycles. The van der Waals surface area contributed by atoms with E-state index in [1.807, 2.05) is 13.1 Å². The van der Waals surface area contributed by atoms with Crippen LogP contribution in [0, 0.1) is 0 Å². The Balaban J connectivity index is 1.68. The summed E-state index contributed by atoms with van der Waals surface area (Å²) in [6.07, 6.45) is 1.43. The molecular formula is C19H25N5O4S. The lowest BCUT2D eigenvalue weighted by atomic mass is 10.2. The molecule has 1 fully saturated rings. The first kappa shape index (κ1) is 19.9. The van der Waals surface area contributed by atoms with Gasteiger partial charge in [0.25, 0.3) is 0 Å². The lowest BCUT2D eigenvalue weighted by molar-refractivity contribution is 0.171. The maximum atomic E-state index is 13.4. The van der Waals surface area contributed by atoms with Crippen LogP contribution in [-0.2, 0) is 16.6 Å². The van der Waals surface area contributed by atoms with Crippen LogP contribution >= 0.6 is 0 Å². The number of ether oxygens (including phenoxy) is 2. The Hall–Kier alpha value is -2.43. The molecule has 0 unspecified atom stereocenters. The fourth-order valence-corrected chi connectivity index (χ4v) is 5.34. The van der Waals surface area contributed by atoms with Crippen LogP contribution in [0.2, 0.25) is 0 Å². The third-order valence-corrected chi connectivity index (χ3v) is 6.94. The number of nitrogens with zero attached hydrogens (tertiary/aromatic N) is 3. The Kier molecular flexibility index (Phi) is 5.57. The van der Waals surface area contributed by atoms with Crippen LogP contribution in [0.25, 0.3) is 0 Å². The summed E-state index contributed by atoms with van der Waals surface area (Å²) in [7, 11) is -0.105. The highest BCUT2D eigenvalue weighted by molar-refractivity contribution is 7.89. The molecule has 0 radical (unpaired) electrons. The van der Waals surface area contributed by atoms with Crippen LogP contribution in [-0.4, -0.2) is 56.5 Å². The first-order valence-corrected chi connectivity index (χ1v) is 11.1. The summed E-state index contributed by atoms with van der Waals surface area (Å²) >= 11 is 0. The molecule has 0 saturated carbocycles. The van der Waals surface area contributed by atoms with Crippen molar-refractivity contribution in [3.8, 4) is 11.5 Å². The minimum Gasteiger partial charge on any atom is -0.486 e. The van der Waals surface area contributed by atoms with Crippen molar-refractivity contribution >= 4 is 15.8 Å². The van der Waals surface area contributed by atoms with E-state index in [9.17, 15) is 8.42 Å². The summed E-state index contributed by atoms with van der Waals surface area (Å²) in [6.45, 7) is 1.87. The normalized spacial score (nSPS) is 19.3. The second kappa shape index (κ2) is 8.13. The number of benzene rings is 1. The monoisotopic (exact) mass is 419 g/mol. The van der Waals surface area contributed by atoms with E-state index in [0.29, 0.717) is 55.9 Å². The molecule has 156 valence electrons. The van der Waals surface area contributed by atoms with Crippen molar-refractivity contribution in [1.29, 1.82) is 0 Å². The van der Waals surface area contributed by atoms with Gasteiger partial charge in [-0.25, -0.2) is 18.4 Å². The molecule has 1 aromatic heterocycles. The molecule has 0 spiro atoms.